The van der Waals surface area contributed by atoms with Gasteiger partial charge in [0.1, 0.15) is 17.9 Å². The topological polar surface area (TPSA) is 105 Å². The number of thioether (sulfide) groups is 1. The number of rotatable bonds is 8. The third-order valence-corrected chi connectivity index (χ3v) is 6.51. The largest absolute Gasteiger partial charge is 0.496 e. The van der Waals surface area contributed by atoms with E-state index < -0.39 is 0 Å². The predicted molar refractivity (Wildman–Crippen MR) is 131 cm³/mol. The lowest BCUT2D eigenvalue weighted by Crippen LogP contribution is -2.18. The third kappa shape index (κ3) is 4.93. The van der Waals surface area contributed by atoms with E-state index in [9.17, 15) is 9.59 Å². The van der Waals surface area contributed by atoms with Crippen molar-refractivity contribution in [3.63, 3.8) is 0 Å². The first-order chi connectivity index (χ1) is 16.0. The molecule has 8 nitrogen and oxygen atoms in total. The number of aromatic nitrogens is 2. The zero-order valence-electron chi connectivity index (χ0n) is 18.6. The van der Waals surface area contributed by atoms with Gasteiger partial charge in [-0.05, 0) is 36.1 Å². The molecular weight excluding hydrogens is 438 g/mol. The van der Waals surface area contributed by atoms with Crippen molar-refractivity contribution < 1.29 is 14.3 Å². The summed E-state index contributed by atoms with van der Waals surface area (Å²) in [5.41, 5.74) is 5.09. The second kappa shape index (κ2) is 9.91. The molecule has 4 rings (SSSR count). The van der Waals surface area contributed by atoms with E-state index in [2.05, 4.69) is 25.9 Å². The molecule has 9 heteroatoms. The minimum atomic E-state index is -0.154. The number of carbonyl (C=O) groups excluding carboxylic acids is 2. The van der Waals surface area contributed by atoms with Crippen molar-refractivity contribution in [2.45, 2.75) is 11.7 Å². The number of benzene rings is 2. The average molecular weight is 464 g/mol. The van der Waals surface area contributed by atoms with E-state index in [-0.39, 0.29) is 17.1 Å². The fourth-order valence-electron chi connectivity index (χ4n) is 3.78. The Hall–Kier alpha value is -3.59. The molecule has 170 valence electrons. The molecule has 3 N–H and O–H groups in total. The van der Waals surface area contributed by atoms with Gasteiger partial charge in [0.05, 0.1) is 24.5 Å². The molecule has 33 heavy (non-hydrogen) atoms. The SMILES string of the molecule is CNC(=O)c1ccc(C(CNc2cc(-c3ccc4c(c3)CC(=O)N4)ncn2)SC)c(OC)c1. The number of hydrogen-bond donors (Lipinski definition) is 3. The van der Waals surface area contributed by atoms with Crippen LogP contribution in [-0.2, 0) is 11.2 Å². The molecule has 3 aromatic rings. The van der Waals surface area contributed by atoms with Crippen LogP contribution in [0.3, 0.4) is 0 Å². The fraction of sp³-hybridized carbons (Fsp3) is 0.250. The molecule has 1 aliphatic heterocycles. The number of hydrogen-bond acceptors (Lipinski definition) is 7. The van der Waals surface area contributed by atoms with Crippen LogP contribution in [0.1, 0.15) is 26.7 Å². The van der Waals surface area contributed by atoms with Crippen LogP contribution >= 0.6 is 11.8 Å². The van der Waals surface area contributed by atoms with E-state index in [4.69, 9.17) is 4.74 Å². The number of fused-ring (bicyclic) bond motifs is 1. The van der Waals surface area contributed by atoms with Crippen LogP contribution in [0.4, 0.5) is 11.5 Å². The molecule has 1 atom stereocenters. The summed E-state index contributed by atoms with van der Waals surface area (Å²) in [5.74, 6) is 1.23. The zero-order chi connectivity index (χ0) is 23.4. The van der Waals surface area contributed by atoms with Crippen molar-refractivity contribution in [1.29, 1.82) is 0 Å². The Balaban J connectivity index is 1.50. The lowest BCUT2D eigenvalue weighted by Gasteiger charge is -2.19. The van der Waals surface area contributed by atoms with Crippen molar-refractivity contribution in [2.75, 3.05) is 37.6 Å². The average Bonchev–Trinajstić information content (AvgIpc) is 3.23. The van der Waals surface area contributed by atoms with E-state index in [1.165, 1.54) is 6.33 Å². The van der Waals surface area contributed by atoms with Crippen molar-refractivity contribution in [3.8, 4) is 17.0 Å². The molecule has 0 saturated heterocycles. The Kier molecular flexibility index (Phi) is 6.79. The van der Waals surface area contributed by atoms with Crippen LogP contribution in [0.25, 0.3) is 11.3 Å². The highest BCUT2D eigenvalue weighted by Gasteiger charge is 2.19. The molecule has 2 heterocycles. The van der Waals surface area contributed by atoms with Crippen molar-refractivity contribution in [1.82, 2.24) is 15.3 Å². The van der Waals surface area contributed by atoms with Crippen molar-refractivity contribution >= 4 is 35.1 Å². The molecule has 0 spiro atoms. The third-order valence-electron chi connectivity index (χ3n) is 5.52. The Labute approximate surface area is 196 Å². The Morgan fingerprint density at radius 1 is 1.21 bits per heavy atom. The Morgan fingerprint density at radius 2 is 2.06 bits per heavy atom. The molecule has 0 fully saturated rings. The van der Waals surface area contributed by atoms with Gasteiger partial charge in [-0.15, -0.1) is 0 Å². The summed E-state index contributed by atoms with van der Waals surface area (Å²) in [6.07, 6.45) is 3.94. The molecule has 2 amide bonds. The summed E-state index contributed by atoms with van der Waals surface area (Å²) in [7, 11) is 3.21. The second-order valence-corrected chi connectivity index (χ2v) is 8.57. The summed E-state index contributed by atoms with van der Waals surface area (Å²) < 4.78 is 5.56. The molecule has 0 saturated carbocycles. The monoisotopic (exact) mass is 463 g/mol. The van der Waals surface area contributed by atoms with Crippen molar-refractivity contribution in [2.24, 2.45) is 0 Å². The molecule has 2 aromatic carbocycles. The van der Waals surface area contributed by atoms with Gasteiger partial charge in [-0.1, -0.05) is 12.1 Å². The quantitative estimate of drug-likeness (QED) is 0.469. The minimum absolute atomic E-state index is 0.00841. The van der Waals surface area contributed by atoms with Crippen LogP contribution in [0.5, 0.6) is 5.75 Å². The number of nitrogens with one attached hydrogen (secondary N) is 3. The molecule has 1 unspecified atom stereocenters. The van der Waals surface area contributed by atoms with Gasteiger partial charge in [0.2, 0.25) is 5.91 Å². The highest BCUT2D eigenvalue weighted by molar-refractivity contribution is 7.98. The summed E-state index contributed by atoms with van der Waals surface area (Å²) in [4.78, 5) is 32.3. The summed E-state index contributed by atoms with van der Waals surface area (Å²) in [5, 5.41) is 8.94. The molecule has 0 bridgehead atoms. The zero-order valence-corrected chi connectivity index (χ0v) is 19.5. The summed E-state index contributed by atoms with van der Waals surface area (Å²) in [6.45, 7) is 0.607. The van der Waals surface area contributed by atoms with E-state index in [0.717, 1.165) is 28.1 Å². The van der Waals surface area contributed by atoms with Gasteiger partial charge in [0.15, 0.2) is 0 Å². The van der Waals surface area contributed by atoms with Gasteiger partial charge in [-0.3, -0.25) is 9.59 Å². The van der Waals surface area contributed by atoms with Crippen LogP contribution in [0.2, 0.25) is 0 Å². The first-order valence-electron chi connectivity index (χ1n) is 10.4. The molecule has 1 aliphatic rings. The molecule has 0 aliphatic carbocycles. The van der Waals surface area contributed by atoms with E-state index in [1.54, 1.807) is 38.1 Å². The van der Waals surface area contributed by atoms with Crippen molar-refractivity contribution in [3.05, 3.63) is 65.5 Å². The normalized spacial score (nSPS) is 13.1. The number of carbonyl (C=O) groups is 2. The maximum absolute atomic E-state index is 12.0. The van der Waals surface area contributed by atoms with Gasteiger partial charge in [0.25, 0.3) is 5.91 Å². The first-order valence-corrected chi connectivity index (χ1v) is 11.7. The summed E-state index contributed by atoms with van der Waals surface area (Å²) in [6, 6.07) is 13.2. The predicted octanol–water partition coefficient (Wildman–Crippen LogP) is 3.52. The maximum Gasteiger partial charge on any atom is 0.251 e. The number of nitrogens with zero attached hydrogens (tertiary/aromatic N) is 2. The standard InChI is InChI=1S/C24H25N5O3S/c1-25-24(31)15-4-6-17(20(9-15)32-2)21(33-3)12-26-22-11-19(27-13-28-22)14-5-7-18-16(8-14)10-23(30)29-18/h4-9,11,13,21H,10,12H2,1-3H3,(H,25,31)(H,29,30)(H,26,27,28). The molecular formula is C24H25N5O3S. The lowest BCUT2D eigenvalue weighted by molar-refractivity contribution is -0.115. The van der Waals surface area contributed by atoms with Crippen LogP contribution in [0, 0.1) is 0 Å². The van der Waals surface area contributed by atoms with Crippen LogP contribution in [0.15, 0.2) is 48.8 Å². The lowest BCUT2D eigenvalue weighted by atomic mass is 10.1. The minimum Gasteiger partial charge on any atom is -0.496 e. The fourth-order valence-corrected chi connectivity index (χ4v) is 4.48. The van der Waals surface area contributed by atoms with E-state index >= 15 is 0 Å². The first kappa shape index (κ1) is 22.6. The van der Waals surface area contributed by atoms with Crippen LogP contribution < -0.4 is 20.7 Å². The number of anilines is 2. The summed E-state index contributed by atoms with van der Waals surface area (Å²) >= 11 is 1.68. The van der Waals surface area contributed by atoms with Gasteiger partial charge in [-0.25, -0.2) is 9.97 Å². The van der Waals surface area contributed by atoms with Crippen LogP contribution in [-0.4, -0.2) is 48.7 Å². The van der Waals surface area contributed by atoms with E-state index in [1.807, 2.05) is 36.6 Å². The van der Waals surface area contributed by atoms with Gasteiger partial charge < -0.3 is 20.7 Å². The molecule has 1 aromatic heterocycles. The number of amides is 2. The maximum atomic E-state index is 12.0. The number of ether oxygens (including phenoxy) is 1. The highest BCUT2D eigenvalue weighted by atomic mass is 32.2. The molecule has 0 radical (unpaired) electrons. The highest BCUT2D eigenvalue weighted by Crippen LogP contribution is 2.35. The smallest absolute Gasteiger partial charge is 0.251 e. The van der Waals surface area contributed by atoms with Gasteiger partial charge >= 0.3 is 0 Å². The number of methoxy groups -OCH3 is 1. The van der Waals surface area contributed by atoms with E-state index in [0.29, 0.717) is 30.1 Å². The van der Waals surface area contributed by atoms with Gasteiger partial charge in [0, 0.05) is 42.0 Å². The van der Waals surface area contributed by atoms with Gasteiger partial charge in [-0.2, -0.15) is 11.8 Å². The Morgan fingerprint density at radius 3 is 2.82 bits per heavy atom. The Bertz CT molecular complexity index is 1200. The second-order valence-electron chi connectivity index (χ2n) is 7.53.